The highest BCUT2D eigenvalue weighted by Crippen LogP contribution is 2.18. The molecule has 0 rings (SSSR count). The SMILES string of the molecule is CCC(CO)(CO)CO.O=C[C@H](O)[C@@H](O)[C@H](O)[C@H](O)CO. The summed E-state index contributed by atoms with van der Waals surface area (Å²) in [6, 6.07) is 0. The predicted molar refractivity (Wildman–Crippen MR) is 71.2 cm³/mol. The van der Waals surface area contributed by atoms with Gasteiger partial charge >= 0.3 is 0 Å². The van der Waals surface area contributed by atoms with Crippen LogP contribution in [0.1, 0.15) is 13.3 Å². The molecule has 0 aliphatic heterocycles. The Balaban J connectivity index is 0. The molecule has 0 bridgehead atoms. The molecule has 0 fully saturated rings. The molecule has 0 aliphatic carbocycles. The third-order valence-corrected chi connectivity index (χ3v) is 3.18. The van der Waals surface area contributed by atoms with Crippen molar-refractivity contribution in [3.63, 3.8) is 0 Å². The Labute approximate surface area is 122 Å². The Hall–Kier alpha value is -0.650. The lowest BCUT2D eigenvalue weighted by atomic mass is 9.88. The number of rotatable bonds is 9. The molecule has 9 heteroatoms. The maximum atomic E-state index is 9.90. The van der Waals surface area contributed by atoms with Gasteiger partial charge in [-0.3, -0.25) is 0 Å². The Morgan fingerprint density at radius 2 is 1.33 bits per heavy atom. The summed E-state index contributed by atoms with van der Waals surface area (Å²) in [4.78, 5) is 9.90. The summed E-state index contributed by atoms with van der Waals surface area (Å²) in [5.41, 5.74) is -0.667. The number of aliphatic hydroxyl groups excluding tert-OH is 8. The van der Waals surface area contributed by atoms with Crippen LogP contribution in [0, 0.1) is 5.41 Å². The average molecular weight is 314 g/mol. The van der Waals surface area contributed by atoms with E-state index in [9.17, 15) is 4.79 Å². The lowest BCUT2D eigenvalue weighted by molar-refractivity contribution is -0.136. The summed E-state index contributed by atoms with van der Waals surface area (Å²) in [5.74, 6) is 0. The molecule has 0 radical (unpaired) electrons. The van der Waals surface area contributed by atoms with Crippen molar-refractivity contribution in [1.29, 1.82) is 0 Å². The van der Waals surface area contributed by atoms with Gasteiger partial charge in [-0.2, -0.15) is 0 Å². The van der Waals surface area contributed by atoms with Gasteiger partial charge in [0, 0.05) is 5.41 Å². The Morgan fingerprint density at radius 3 is 1.52 bits per heavy atom. The van der Waals surface area contributed by atoms with Crippen molar-refractivity contribution in [2.45, 2.75) is 37.8 Å². The first-order valence-corrected chi connectivity index (χ1v) is 6.40. The van der Waals surface area contributed by atoms with Gasteiger partial charge in [0.1, 0.15) is 24.4 Å². The van der Waals surface area contributed by atoms with E-state index in [1.54, 1.807) is 0 Å². The number of aliphatic hydroxyl groups is 8. The lowest BCUT2D eigenvalue weighted by Gasteiger charge is -2.24. The van der Waals surface area contributed by atoms with Gasteiger partial charge in [0.05, 0.1) is 26.4 Å². The molecule has 0 aromatic carbocycles. The van der Waals surface area contributed by atoms with Crippen LogP contribution in [0.5, 0.6) is 0 Å². The summed E-state index contributed by atoms with van der Waals surface area (Å²) >= 11 is 0. The number of carbonyl (C=O) groups is 1. The van der Waals surface area contributed by atoms with Crippen LogP contribution in [-0.4, -0.2) is 98.0 Å². The molecule has 9 nitrogen and oxygen atoms in total. The zero-order valence-corrected chi connectivity index (χ0v) is 11.9. The molecule has 0 aliphatic rings. The van der Waals surface area contributed by atoms with Gasteiger partial charge in [-0.25, -0.2) is 0 Å². The molecule has 8 N–H and O–H groups in total. The molecule has 0 heterocycles. The van der Waals surface area contributed by atoms with Crippen molar-refractivity contribution < 1.29 is 45.6 Å². The van der Waals surface area contributed by atoms with Crippen molar-refractivity contribution in [2.75, 3.05) is 26.4 Å². The third kappa shape index (κ3) is 7.79. The molecule has 0 aromatic heterocycles. The number of hydrogen-bond donors (Lipinski definition) is 8. The molecule has 21 heavy (non-hydrogen) atoms. The van der Waals surface area contributed by atoms with Gasteiger partial charge < -0.3 is 45.6 Å². The van der Waals surface area contributed by atoms with Crippen molar-refractivity contribution in [1.82, 2.24) is 0 Å². The summed E-state index contributed by atoms with van der Waals surface area (Å²) in [6.07, 6.45) is -6.25. The minimum Gasteiger partial charge on any atom is -0.396 e. The number of hydrogen-bond acceptors (Lipinski definition) is 9. The topological polar surface area (TPSA) is 179 Å². The van der Waals surface area contributed by atoms with Gasteiger partial charge in [0.2, 0.25) is 0 Å². The minimum atomic E-state index is -1.79. The average Bonchev–Trinajstić information content (AvgIpc) is 2.55. The first-order valence-electron chi connectivity index (χ1n) is 6.40. The van der Waals surface area contributed by atoms with E-state index in [1.807, 2.05) is 6.92 Å². The summed E-state index contributed by atoms with van der Waals surface area (Å²) in [5, 5.41) is 69.5. The molecule has 0 amide bonds. The molecule has 0 saturated heterocycles. The van der Waals surface area contributed by atoms with E-state index in [2.05, 4.69) is 0 Å². The maximum absolute atomic E-state index is 9.90. The van der Waals surface area contributed by atoms with Crippen molar-refractivity contribution in [2.24, 2.45) is 5.41 Å². The van der Waals surface area contributed by atoms with Crippen LogP contribution in [0.25, 0.3) is 0 Å². The number of carbonyl (C=O) groups excluding carboxylic acids is 1. The summed E-state index contributed by atoms with van der Waals surface area (Å²) in [7, 11) is 0. The van der Waals surface area contributed by atoms with Crippen LogP contribution in [0.15, 0.2) is 0 Å². The van der Waals surface area contributed by atoms with Gasteiger partial charge in [-0.1, -0.05) is 6.92 Å². The molecule has 0 saturated carbocycles. The van der Waals surface area contributed by atoms with E-state index in [0.717, 1.165) is 0 Å². The Bertz CT molecular complexity index is 240. The van der Waals surface area contributed by atoms with Gasteiger partial charge in [0.25, 0.3) is 0 Å². The standard InChI is InChI=1S/C6H12O6.C6H14O3/c7-1-3(9)5(11)6(12)4(10)2-8;1-2-6(3-7,4-8)5-9/h1,3-6,8-12H,2H2;7-9H,2-5H2,1H3/t3-,4+,5+,6+;/m0./s1. The molecule has 128 valence electrons. The monoisotopic (exact) mass is 314 g/mol. The molecule has 0 aromatic rings. The zero-order valence-electron chi connectivity index (χ0n) is 11.9. The summed E-state index contributed by atoms with van der Waals surface area (Å²) < 4.78 is 0. The highest BCUT2D eigenvalue weighted by atomic mass is 16.4. The fourth-order valence-corrected chi connectivity index (χ4v) is 1.10. The van der Waals surface area contributed by atoms with Gasteiger partial charge in [-0.15, -0.1) is 0 Å². The quantitative estimate of drug-likeness (QED) is 0.197. The molecule has 0 spiro atoms. The largest absolute Gasteiger partial charge is 0.396 e. The van der Waals surface area contributed by atoms with Crippen molar-refractivity contribution >= 4 is 6.29 Å². The van der Waals surface area contributed by atoms with Gasteiger partial charge in [0.15, 0.2) is 6.29 Å². The molecule has 0 unspecified atom stereocenters. The fourth-order valence-electron chi connectivity index (χ4n) is 1.10. The van der Waals surface area contributed by atoms with E-state index in [0.29, 0.717) is 6.42 Å². The highest BCUT2D eigenvalue weighted by Gasteiger charge is 2.29. The summed E-state index contributed by atoms with van der Waals surface area (Å²) in [6.45, 7) is 0.593. The number of aldehydes is 1. The first kappa shape index (κ1) is 22.6. The van der Waals surface area contributed by atoms with E-state index in [4.69, 9.17) is 40.9 Å². The Kier molecular flexibility index (Phi) is 12.9. The maximum Gasteiger partial charge on any atom is 0.151 e. The second-order valence-corrected chi connectivity index (χ2v) is 4.69. The van der Waals surface area contributed by atoms with Crippen LogP contribution < -0.4 is 0 Å². The van der Waals surface area contributed by atoms with Crippen LogP contribution in [-0.2, 0) is 4.79 Å². The predicted octanol–water partition coefficient (Wildman–Crippen LogP) is -4.02. The van der Waals surface area contributed by atoms with E-state index in [-0.39, 0.29) is 26.1 Å². The first-order chi connectivity index (χ1) is 9.78. The lowest BCUT2D eigenvalue weighted by Crippen LogP contribution is -2.46. The molecular weight excluding hydrogens is 288 g/mol. The van der Waals surface area contributed by atoms with E-state index in [1.165, 1.54) is 0 Å². The highest BCUT2D eigenvalue weighted by molar-refractivity contribution is 5.56. The van der Waals surface area contributed by atoms with Crippen molar-refractivity contribution in [3.05, 3.63) is 0 Å². The van der Waals surface area contributed by atoms with Crippen LogP contribution in [0.4, 0.5) is 0 Å². The minimum absolute atomic E-state index is 0.0258. The van der Waals surface area contributed by atoms with Gasteiger partial charge in [-0.05, 0) is 6.42 Å². The Morgan fingerprint density at radius 1 is 0.905 bits per heavy atom. The van der Waals surface area contributed by atoms with Crippen LogP contribution >= 0.6 is 0 Å². The van der Waals surface area contributed by atoms with Crippen LogP contribution in [0.2, 0.25) is 0 Å². The second kappa shape index (κ2) is 12.0. The zero-order chi connectivity index (χ0) is 17.1. The molecule has 4 atom stereocenters. The normalized spacial score (nSPS) is 17.2. The second-order valence-electron chi connectivity index (χ2n) is 4.69. The molecular formula is C12H26O9. The third-order valence-electron chi connectivity index (χ3n) is 3.18. The van der Waals surface area contributed by atoms with E-state index >= 15 is 0 Å². The van der Waals surface area contributed by atoms with Crippen molar-refractivity contribution in [3.8, 4) is 0 Å². The smallest absolute Gasteiger partial charge is 0.151 e. The fraction of sp³-hybridized carbons (Fsp3) is 0.917. The van der Waals surface area contributed by atoms with Crippen LogP contribution in [0.3, 0.4) is 0 Å². The van der Waals surface area contributed by atoms with E-state index < -0.39 is 36.4 Å².